The summed E-state index contributed by atoms with van der Waals surface area (Å²) in [5, 5.41) is 1.84. The minimum atomic E-state index is 0.230. The molecule has 372 valence electrons. The van der Waals surface area contributed by atoms with Crippen LogP contribution in [-0.2, 0) is 0 Å². The molecule has 0 saturated carbocycles. The zero-order valence-electron chi connectivity index (χ0n) is 43.8. The third-order valence-electron chi connectivity index (χ3n) is 14.5. The van der Waals surface area contributed by atoms with Gasteiger partial charge in [0.2, 0.25) is 0 Å². The second kappa shape index (κ2) is 39.9. The molecule has 0 atom stereocenters. The van der Waals surface area contributed by atoms with Crippen LogP contribution >= 0.6 is 11.3 Å². The van der Waals surface area contributed by atoms with Crippen LogP contribution < -0.4 is 15.2 Å². The first kappa shape index (κ1) is 57.2. The van der Waals surface area contributed by atoms with Crippen molar-refractivity contribution in [1.82, 2.24) is 0 Å². The van der Waals surface area contributed by atoms with Gasteiger partial charge in [-0.05, 0) is 62.1 Å². The van der Waals surface area contributed by atoms with Gasteiger partial charge in [-0.3, -0.25) is 4.79 Å². The molecule has 1 aromatic heterocycles. The summed E-state index contributed by atoms with van der Waals surface area (Å²) in [5.41, 5.74) is 2.74. The van der Waals surface area contributed by atoms with Crippen molar-refractivity contribution in [1.29, 1.82) is 0 Å². The lowest BCUT2D eigenvalue weighted by Gasteiger charge is -2.26. The average Bonchev–Trinajstić information content (AvgIpc) is 3.32. The van der Waals surface area contributed by atoms with Crippen LogP contribution in [0.15, 0.2) is 41.2 Å². The highest BCUT2D eigenvalue weighted by atomic mass is 32.1. The van der Waals surface area contributed by atoms with E-state index in [9.17, 15) is 4.79 Å². The van der Waals surface area contributed by atoms with Gasteiger partial charge in [0.05, 0.1) is 0 Å². The minimum Gasteiger partial charge on any atom is -0.372 e. The molecule has 65 heavy (non-hydrogen) atoms. The van der Waals surface area contributed by atoms with Crippen molar-refractivity contribution in [2.75, 3.05) is 36.0 Å². The van der Waals surface area contributed by atoms with E-state index in [0.29, 0.717) is 0 Å². The minimum absolute atomic E-state index is 0.230. The van der Waals surface area contributed by atoms with Crippen LogP contribution in [0.1, 0.15) is 285 Å². The normalized spacial score (nSPS) is 11.7. The van der Waals surface area contributed by atoms with Gasteiger partial charge in [0.25, 0.3) is 0 Å². The third-order valence-corrected chi connectivity index (χ3v) is 15.6. The van der Waals surface area contributed by atoms with E-state index in [2.05, 4.69) is 73.9 Å². The molecule has 3 nitrogen and oxygen atoms in total. The summed E-state index contributed by atoms with van der Waals surface area (Å²) in [6.07, 6.45) is 54.6. The molecule has 0 fully saturated rings. The fourth-order valence-corrected chi connectivity index (χ4v) is 11.2. The van der Waals surface area contributed by atoms with Crippen molar-refractivity contribution in [2.45, 2.75) is 285 Å². The van der Waals surface area contributed by atoms with Crippen molar-refractivity contribution >= 4 is 42.9 Å². The maximum absolute atomic E-state index is 14.6. The Balaban J connectivity index is 1.69. The lowest BCUT2D eigenvalue weighted by Crippen LogP contribution is -2.26. The number of benzene rings is 2. The van der Waals surface area contributed by atoms with E-state index in [-0.39, 0.29) is 5.43 Å². The summed E-state index contributed by atoms with van der Waals surface area (Å²) in [5.74, 6) is 0. The molecule has 0 N–H and O–H groups in total. The molecule has 4 heteroatoms. The summed E-state index contributed by atoms with van der Waals surface area (Å²) in [6.45, 7) is 13.6. The summed E-state index contributed by atoms with van der Waals surface area (Å²) in [4.78, 5) is 19.9. The molecule has 3 aromatic rings. The fourth-order valence-electron chi connectivity index (χ4n) is 10.1. The van der Waals surface area contributed by atoms with E-state index in [1.54, 1.807) is 0 Å². The lowest BCUT2D eigenvalue weighted by molar-refractivity contribution is 0.543. The zero-order valence-corrected chi connectivity index (χ0v) is 44.6. The van der Waals surface area contributed by atoms with Gasteiger partial charge in [-0.2, -0.15) is 0 Å². The van der Waals surface area contributed by atoms with E-state index in [1.807, 2.05) is 11.3 Å². The summed E-state index contributed by atoms with van der Waals surface area (Å²) < 4.78 is 2.26. The van der Waals surface area contributed by atoms with Crippen LogP contribution in [0.25, 0.3) is 20.2 Å². The van der Waals surface area contributed by atoms with Crippen molar-refractivity contribution in [3.63, 3.8) is 0 Å². The molecular formula is C61H106N2OS. The maximum Gasteiger partial charge on any atom is 0.196 e. The zero-order chi connectivity index (χ0) is 46.3. The smallest absolute Gasteiger partial charge is 0.196 e. The second-order valence-corrected chi connectivity index (χ2v) is 21.6. The summed E-state index contributed by atoms with van der Waals surface area (Å²) >= 11 is 1.81. The highest BCUT2D eigenvalue weighted by Crippen LogP contribution is 2.31. The lowest BCUT2D eigenvalue weighted by atomic mass is 10.1. The van der Waals surface area contributed by atoms with Gasteiger partial charge in [0.15, 0.2) is 5.43 Å². The molecule has 0 aliphatic rings. The number of unbranched alkanes of at least 4 members (excludes halogenated alkanes) is 36. The van der Waals surface area contributed by atoms with Gasteiger partial charge >= 0.3 is 0 Å². The van der Waals surface area contributed by atoms with Gasteiger partial charge in [-0.25, -0.2) is 0 Å². The van der Waals surface area contributed by atoms with Crippen LogP contribution in [0.3, 0.4) is 0 Å². The largest absolute Gasteiger partial charge is 0.372 e. The van der Waals surface area contributed by atoms with E-state index in [4.69, 9.17) is 0 Å². The van der Waals surface area contributed by atoms with Crippen molar-refractivity contribution in [3.8, 4) is 0 Å². The molecule has 0 aliphatic carbocycles. The molecule has 0 spiro atoms. The predicted octanol–water partition coefficient (Wildman–Crippen LogP) is 20.7. The Morgan fingerprint density at radius 1 is 0.308 bits per heavy atom. The maximum atomic E-state index is 14.6. The number of hydrogen-bond donors (Lipinski definition) is 0. The average molecular weight is 916 g/mol. The van der Waals surface area contributed by atoms with Gasteiger partial charge < -0.3 is 9.80 Å². The van der Waals surface area contributed by atoms with Crippen LogP contribution in [0.2, 0.25) is 0 Å². The first-order valence-corrected chi connectivity index (χ1v) is 29.9. The van der Waals surface area contributed by atoms with E-state index < -0.39 is 0 Å². The Labute approximate surface area is 408 Å². The van der Waals surface area contributed by atoms with Crippen LogP contribution in [0.5, 0.6) is 0 Å². The van der Waals surface area contributed by atoms with E-state index >= 15 is 0 Å². The van der Waals surface area contributed by atoms with E-state index in [0.717, 1.165) is 46.4 Å². The molecule has 3 rings (SSSR count). The van der Waals surface area contributed by atoms with Gasteiger partial charge in [0, 0.05) is 57.7 Å². The Bertz CT molecular complexity index is 1440. The van der Waals surface area contributed by atoms with Crippen molar-refractivity contribution in [3.05, 3.63) is 46.6 Å². The van der Waals surface area contributed by atoms with Crippen molar-refractivity contribution in [2.24, 2.45) is 0 Å². The Hall–Kier alpha value is -2.07. The van der Waals surface area contributed by atoms with Crippen LogP contribution in [0, 0.1) is 0 Å². The molecular weight excluding hydrogens is 809 g/mol. The van der Waals surface area contributed by atoms with Gasteiger partial charge in [0.1, 0.15) is 0 Å². The summed E-state index contributed by atoms with van der Waals surface area (Å²) in [7, 11) is 0. The first-order valence-electron chi connectivity index (χ1n) is 29.1. The quantitative estimate of drug-likeness (QED) is 0.0417. The highest BCUT2D eigenvalue weighted by molar-refractivity contribution is 7.24. The van der Waals surface area contributed by atoms with Crippen molar-refractivity contribution < 1.29 is 0 Å². The second-order valence-electron chi connectivity index (χ2n) is 20.5. The molecule has 0 radical (unpaired) electrons. The highest BCUT2D eigenvalue weighted by Gasteiger charge is 2.14. The Kier molecular flexibility index (Phi) is 35.1. The number of fused-ring (bicyclic) bond motifs is 2. The molecule has 1 heterocycles. The van der Waals surface area contributed by atoms with Gasteiger partial charge in [-0.1, -0.05) is 259 Å². The number of hydrogen-bond acceptors (Lipinski definition) is 4. The van der Waals surface area contributed by atoms with Crippen LogP contribution in [-0.4, -0.2) is 26.2 Å². The standard InChI is InChI=1S/C61H106N2OS/c1-5-9-13-17-21-25-29-33-37-41-49-62(50-42-38-34-30-26-22-18-14-10-6-2)55-45-47-59-57(53-55)61(64)58-54-56(46-48-60(58)65-59)63(51-43-39-35-31-27-23-19-15-11-7-3)52-44-40-36-32-28-24-20-16-12-8-4/h45-48,53-54H,5-44,49-52H2,1-4H3. The molecule has 0 unspecified atom stereocenters. The monoisotopic (exact) mass is 915 g/mol. The van der Waals surface area contributed by atoms with Gasteiger partial charge in [-0.15, -0.1) is 11.3 Å². The summed E-state index contributed by atoms with van der Waals surface area (Å²) in [6, 6.07) is 13.7. The number of nitrogens with zero attached hydrogens (tertiary/aromatic N) is 2. The Morgan fingerprint density at radius 3 is 0.754 bits per heavy atom. The SMILES string of the molecule is CCCCCCCCCCCCN(CCCCCCCCCCCC)c1ccc2sc3ccc(N(CCCCCCCCCCCC)CCCCCCCCCCCC)cc3c(=O)c2c1. The Morgan fingerprint density at radius 2 is 0.523 bits per heavy atom. The van der Waals surface area contributed by atoms with E-state index in [1.165, 1.54) is 268 Å². The third kappa shape index (κ3) is 26.3. The fraction of sp³-hybridized carbons (Fsp3) is 0.787. The topological polar surface area (TPSA) is 23.6 Å². The number of anilines is 2. The first-order chi connectivity index (χ1) is 32.1. The predicted molar refractivity (Wildman–Crippen MR) is 297 cm³/mol. The van der Waals surface area contributed by atoms with Crippen LogP contribution in [0.4, 0.5) is 11.4 Å². The molecule has 0 bridgehead atoms. The molecule has 0 saturated heterocycles. The molecule has 2 aromatic carbocycles. The molecule has 0 amide bonds. The number of rotatable bonds is 46. The molecule has 0 aliphatic heterocycles.